The number of hydrogen-bond donors (Lipinski definition) is 0. The molecule has 0 heterocycles. The van der Waals surface area contributed by atoms with Crippen LogP contribution in [0.25, 0.3) is 65.3 Å². The van der Waals surface area contributed by atoms with E-state index in [-0.39, 0.29) is 0 Å². The van der Waals surface area contributed by atoms with Crippen LogP contribution in [-0.4, -0.2) is 0 Å². The number of rotatable bonds is 2. The normalized spacial score (nSPS) is 9.80. The van der Waals surface area contributed by atoms with Gasteiger partial charge in [-0.05, 0) is 84.8 Å². The molecule has 0 aliphatic heterocycles. The van der Waals surface area contributed by atoms with Crippen LogP contribution in [0.2, 0.25) is 0 Å². The third-order valence-corrected chi connectivity index (χ3v) is 8.38. The first-order valence-electron chi connectivity index (χ1n) is 18.6. The monoisotopic (exact) mass is 656 g/mol. The summed E-state index contributed by atoms with van der Waals surface area (Å²) in [6.07, 6.45) is 0. The van der Waals surface area contributed by atoms with Crippen LogP contribution in [0, 0.1) is 13.8 Å². The molecule has 0 N–H and O–H groups in total. The summed E-state index contributed by atoms with van der Waals surface area (Å²) in [5.41, 5.74) is 7.81. The minimum Gasteiger partial charge on any atom is -0.0683 e. The zero-order chi connectivity index (χ0) is 36.5. The van der Waals surface area contributed by atoms with Crippen LogP contribution in [0.5, 0.6) is 0 Å². The maximum atomic E-state index is 2.32. The van der Waals surface area contributed by atoms with E-state index in [1.54, 1.807) is 0 Å². The lowest BCUT2D eigenvalue weighted by Crippen LogP contribution is -1.91. The number of benzene rings is 8. The van der Waals surface area contributed by atoms with E-state index in [1.807, 2.05) is 55.4 Å². The van der Waals surface area contributed by atoms with E-state index in [9.17, 15) is 0 Å². The molecule has 0 unspecified atom stereocenters. The maximum absolute atomic E-state index is 2.32. The van der Waals surface area contributed by atoms with Crippen molar-refractivity contribution >= 4 is 43.1 Å². The third-order valence-electron chi connectivity index (χ3n) is 8.38. The number of fused-ring (bicyclic) bond motifs is 4. The SMILES string of the molecule is CC.CC.CC.CC.Cc1cccc(-c2ccc(-c3c4ccccc4c(C)c4ccccc34)c3ccccc23)c1.c1ccc2ccccc2c1. The predicted octanol–water partition coefficient (Wildman–Crippen LogP) is 16.0. The zero-order valence-corrected chi connectivity index (χ0v) is 32.0. The van der Waals surface area contributed by atoms with Crippen molar-refractivity contribution in [1.82, 2.24) is 0 Å². The molecule has 0 bridgehead atoms. The summed E-state index contributed by atoms with van der Waals surface area (Å²) < 4.78 is 0. The lowest BCUT2D eigenvalue weighted by Gasteiger charge is -2.18. The highest BCUT2D eigenvalue weighted by atomic mass is 14.2. The van der Waals surface area contributed by atoms with Crippen molar-refractivity contribution in [3.05, 3.63) is 169 Å². The first kappa shape index (κ1) is 39.2. The van der Waals surface area contributed by atoms with Crippen LogP contribution in [-0.2, 0) is 0 Å². The summed E-state index contributed by atoms with van der Waals surface area (Å²) in [4.78, 5) is 0. The topological polar surface area (TPSA) is 0 Å². The summed E-state index contributed by atoms with van der Waals surface area (Å²) in [5, 5.41) is 10.5. The van der Waals surface area contributed by atoms with Crippen molar-refractivity contribution < 1.29 is 0 Å². The molecule has 0 saturated heterocycles. The second kappa shape index (κ2) is 20.3. The molecule has 8 aromatic carbocycles. The fourth-order valence-electron chi connectivity index (χ4n) is 6.35. The Morgan fingerprint density at radius 3 is 1.10 bits per heavy atom. The molecule has 8 aromatic rings. The predicted molar refractivity (Wildman–Crippen MR) is 229 cm³/mol. The van der Waals surface area contributed by atoms with Crippen molar-refractivity contribution in [3.8, 4) is 22.3 Å². The van der Waals surface area contributed by atoms with Crippen LogP contribution in [0.1, 0.15) is 66.5 Å². The number of hydrogen-bond acceptors (Lipinski definition) is 0. The average Bonchev–Trinajstić information content (AvgIpc) is 3.21. The highest BCUT2D eigenvalue weighted by Gasteiger charge is 2.16. The molecule has 8 rings (SSSR count). The van der Waals surface area contributed by atoms with Gasteiger partial charge in [0, 0.05) is 0 Å². The molecule has 0 radical (unpaired) electrons. The molecule has 0 aliphatic rings. The number of aryl methyl sites for hydroxylation is 2. The van der Waals surface area contributed by atoms with Crippen LogP contribution in [0.15, 0.2) is 158 Å². The van der Waals surface area contributed by atoms with E-state index in [0.29, 0.717) is 0 Å². The summed E-state index contributed by atoms with van der Waals surface area (Å²) in [5.74, 6) is 0. The largest absolute Gasteiger partial charge is 0.0683 e. The van der Waals surface area contributed by atoms with Gasteiger partial charge in [-0.2, -0.15) is 0 Å². The maximum Gasteiger partial charge on any atom is -0.00204 e. The van der Waals surface area contributed by atoms with Gasteiger partial charge in [-0.25, -0.2) is 0 Å². The molecule has 0 atom stereocenters. The lowest BCUT2D eigenvalue weighted by molar-refractivity contribution is 1.47. The van der Waals surface area contributed by atoms with Gasteiger partial charge in [0.05, 0.1) is 0 Å². The molecule has 0 heteroatoms. The van der Waals surface area contributed by atoms with Gasteiger partial charge < -0.3 is 0 Å². The van der Waals surface area contributed by atoms with Crippen molar-refractivity contribution in [2.45, 2.75) is 69.2 Å². The van der Waals surface area contributed by atoms with Gasteiger partial charge >= 0.3 is 0 Å². The second-order valence-corrected chi connectivity index (χ2v) is 11.0. The fraction of sp³-hybridized carbons (Fsp3) is 0.200. The van der Waals surface area contributed by atoms with Crippen LogP contribution in [0.4, 0.5) is 0 Å². The Morgan fingerprint density at radius 1 is 0.300 bits per heavy atom. The zero-order valence-electron chi connectivity index (χ0n) is 32.0. The van der Waals surface area contributed by atoms with Gasteiger partial charge in [0.1, 0.15) is 0 Å². The molecule has 0 fully saturated rings. The third kappa shape index (κ3) is 8.68. The Kier molecular flexibility index (Phi) is 16.0. The lowest BCUT2D eigenvalue weighted by atomic mass is 9.85. The minimum atomic E-state index is 1.27. The molecule has 0 saturated carbocycles. The van der Waals surface area contributed by atoms with Gasteiger partial charge in [-0.3, -0.25) is 0 Å². The molecule has 256 valence electrons. The summed E-state index contributed by atoms with van der Waals surface area (Å²) in [6, 6.07) is 56.6. The Hall–Kier alpha value is -5.20. The molecular formula is C50H56. The van der Waals surface area contributed by atoms with Crippen LogP contribution in [0.3, 0.4) is 0 Å². The average molecular weight is 657 g/mol. The van der Waals surface area contributed by atoms with E-state index in [2.05, 4.69) is 172 Å². The van der Waals surface area contributed by atoms with E-state index in [4.69, 9.17) is 0 Å². The first-order chi connectivity index (χ1) is 24.7. The van der Waals surface area contributed by atoms with Gasteiger partial charge in [-0.15, -0.1) is 0 Å². The summed E-state index contributed by atoms with van der Waals surface area (Å²) in [7, 11) is 0. The minimum absolute atomic E-state index is 1.27. The van der Waals surface area contributed by atoms with Crippen molar-refractivity contribution in [1.29, 1.82) is 0 Å². The van der Waals surface area contributed by atoms with Gasteiger partial charge in [0.25, 0.3) is 0 Å². The highest BCUT2D eigenvalue weighted by Crippen LogP contribution is 2.43. The summed E-state index contributed by atoms with van der Waals surface area (Å²) in [6.45, 7) is 20.4. The van der Waals surface area contributed by atoms with Crippen molar-refractivity contribution in [2.75, 3.05) is 0 Å². The van der Waals surface area contributed by atoms with E-state index in [0.717, 1.165) is 0 Å². The molecule has 0 amide bonds. The van der Waals surface area contributed by atoms with Crippen molar-refractivity contribution in [2.24, 2.45) is 0 Å². The molecule has 0 aromatic heterocycles. The second-order valence-electron chi connectivity index (χ2n) is 11.0. The smallest absolute Gasteiger partial charge is 0.00204 e. The molecule has 0 nitrogen and oxygen atoms in total. The van der Waals surface area contributed by atoms with Crippen molar-refractivity contribution in [3.63, 3.8) is 0 Å². The van der Waals surface area contributed by atoms with Crippen LogP contribution < -0.4 is 0 Å². The van der Waals surface area contributed by atoms with E-state index < -0.39 is 0 Å². The standard InChI is InChI=1S/C32H24.C10H8.4C2H6/c1-21-10-9-11-23(20-21)26-18-19-31(28-15-6-5-14-27(26)28)32-29-16-7-3-12-24(29)22(2)25-13-4-8-17-30(25)32;1-2-6-10-8-4-3-7-9(10)5-1;4*1-2/h3-20H,1-2H3;1-8H;4*1-2H3. The first-order valence-corrected chi connectivity index (χ1v) is 18.6. The van der Waals surface area contributed by atoms with Gasteiger partial charge in [0.2, 0.25) is 0 Å². The Morgan fingerprint density at radius 2 is 0.660 bits per heavy atom. The molecule has 0 aliphatic carbocycles. The van der Waals surface area contributed by atoms with Gasteiger partial charge in [-0.1, -0.05) is 219 Å². The van der Waals surface area contributed by atoms with Gasteiger partial charge in [0.15, 0.2) is 0 Å². The summed E-state index contributed by atoms with van der Waals surface area (Å²) >= 11 is 0. The van der Waals surface area contributed by atoms with E-state index in [1.165, 1.54) is 76.5 Å². The Bertz CT molecular complexity index is 2090. The quantitative estimate of drug-likeness (QED) is 0.162. The fourth-order valence-corrected chi connectivity index (χ4v) is 6.35. The Labute approximate surface area is 302 Å². The highest BCUT2D eigenvalue weighted by molar-refractivity contribution is 6.19. The molecular weight excluding hydrogens is 601 g/mol. The molecule has 0 spiro atoms. The Balaban J connectivity index is 0.000000314. The van der Waals surface area contributed by atoms with E-state index >= 15 is 0 Å². The van der Waals surface area contributed by atoms with Crippen LogP contribution >= 0.6 is 0 Å². The molecule has 50 heavy (non-hydrogen) atoms.